The molecular weight excluding hydrogens is 224 g/mol. The summed E-state index contributed by atoms with van der Waals surface area (Å²) in [6.45, 7) is 1.57. The summed E-state index contributed by atoms with van der Waals surface area (Å²) in [5, 5.41) is 8.96. The molecular formula is C15H20N2O. The van der Waals surface area contributed by atoms with Crippen molar-refractivity contribution in [1.29, 1.82) is 5.26 Å². The van der Waals surface area contributed by atoms with E-state index in [1.54, 1.807) is 6.07 Å². The minimum absolute atomic E-state index is 0.612. The lowest BCUT2D eigenvalue weighted by atomic mass is 10.2. The van der Waals surface area contributed by atoms with E-state index in [4.69, 9.17) is 10.00 Å². The Morgan fingerprint density at radius 1 is 1.33 bits per heavy atom. The molecule has 1 aromatic carbocycles. The van der Waals surface area contributed by atoms with E-state index in [1.807, 2.05) is 18.2 Å². The van der Waals surface area contributed by atoms with Crippen LogP contribution in [-0.2, 0) is 0 Å². The zero-order chi connectivity index (χ0) is 12.8. The number of rotatable bonds is 5. The highest BCUT2D eigenvalue weighted by Crippen LogP contribution is 2.22. The van der Waals surface area contributed by atoms with Crippen LogP contribution in [0.4, 0.5) is 0 Å². The molecule has 2 rings (SSSR count). The molecule has 0 saturated heterocycles. The van der Waals surface area contributed by atoms with Crippen LogP contribution in [0.5, 0.6) is 5.75 Å². The normalized spacial score (nSPS) is 15.8. The summed E-state index contributed by atoms with van der Waals surface area (Å²) in [6, 6.07) is 10.3. The molecule has 0 bridgehead atoms. The maximum Gasteiger partial charge on any atom is 0.137 e. The third kappa shape index (κ3) is 3.24. The van der Waals surface area contributed by atoms with Crippen LogP contribution in [0.3, 0.4) is 0 Å². The van der Waals surface area contributed by atoms with Gasteiger partial charge in [0.25, 0.3) is 0 Å². The molecule has 0 unspecified atom stereocenters. The zero-order valence-corrected chi connectivity index (χ0v) is 10.9. The molecule has 1 aliphatic rings. The van der Waals surface area contributed by atoms with Crippen molar-refractivity contribution in [2.45, 2.75) is 31.7 Å². The molecule has 18 heavy (non-hydrogen) atoms. The van der Waals surface area contributed by atoms with Crippen LogP contribution in [0.1, 0.15) is 31.2 Å². The van der Waals surface area contributed by atoms with Gasteiger partial charge in [-0.1, -0.05) is 25.0 Å². The van der Waals surface area contributed by atoms with Crippen LogP contribution in [0.25, 0.3) is 0 Å². The van der Waals surface area contributed by atoms with Crippen molar-refractivity contribution in [3.8, 4) is 11.8 Å². The van der Waals surface area contributed by atoms with E-state index in [0.29, 0.717) is 17.9 Å². The molecule has 0 spiro atoms. The lowest BCUT2D eigenvalue weighted by molar-refractivity contribution is 0.192. The molecule has 1 aromatic rings. The second kappa shape index (κ2) is 6.42. The van der Waals surface area contributed by atoms with Crippen molar-refractivity contribution in [1.82, 2.24) is 4.90 Å². The first-order valence-corrected chi connectivity index (χ1v) is 6.63. The van der Waals surface area contributed by atoms with E-state index in [-0.39, 0.29) is 0 Å². The van der Waals surface area contributed by atoms with Crippen molar-refractivity contribution in [2.75, 3.05) is 20.2 Å². The van der Waals surface area contributed by atoms with Gasteiger partial charge in [-0.3, -0.25) is 0 Å². The molecule has 3 nitrogen and oxygen atoms in total. The highest BCUT2D eigenvalue weighted by Gasteiger charge is 2.19. The third-order valence-electron chi connectivity index (χ3n) is 3.66. The van der Waals surface area contributed by atoms with Gasteiger partial charge in [0.1, 0.15) is 18.4 Å². The van der Waals surface area contributed by atoms with Gasteiger partial charge in [0.05, 0.1) is 5.56 Å². The maximum absolute atomic E-state index is 8.96. The van der Waals surface area contributed by atoms with Gasteiger partial charge in [0.15, 0.2) is 0 Å². The minimum atomic E-state index is 0.612. The number of likely N-dealkylation sites (N-methyl/N-ethyl adjacent to an activating group) is 1. The van der Waals surface area contributed by atoms with Gasteiger partial charge in [-0.15, -0.1) is 0 Å². The molecule has 0 radical (unpaired) electrons. The molecule has 0 amide bonds. The second-order valence-electron chi connectivity index (χ2n) is 4.88. The van der Waals surface area contributed by atoms with Crippen molar-refractivity contribution in [3.63, 3.8) is 0 Å². The standard InChI is InChI=1S/C15H20N2O/c1-17(14-7-3-4-8-14)10-11-18-15-9-5-2-6-13(15)12-16/h2,5-6,9,14H,3-4,7-8,10-11H2,1H3. The van der Waals surface area contributed by atoms with Crippen molar-refractivity contribution < 1.29 is 4.74 Å². The van der Waals surface area contributed by atoms with Crippen LogP contribution < -0.4 is 4.74 Å². The Morgan fingerprint density at radius 3 is 2.78 bits per heavy atom. The monoisotopic (exact) mass is 244 g/mol. The Hall–Kier alpha value is -1.53. The molecule has 96 valence electrons. The molecule has 3 heteroatoms. The first-order chi connectivity index (χ1) is 8.81. The highest BCUT2D eigenvalue weighted by atomic mass is 16.5. The van der Waals surface area contributed by atoms with E-state index >= 15 is 0 Å². The lowest BCUT2D eigenvalue weighted by Gasteiger charge is -2.23. The average Bonchev–Trinajstić information content (AvgIpc) is 2.93. The predicted octanol–water partition coefficient (Wildman–Crippen LogP) is 2.81. The van der Waals surface area contributed by atoms with Gasteiger partial charge >= 0.3 is 0 Å². The van der Waals surface area contributed by atoms with Crippen LogP contribution in [0.15, 0.2) is 24.3 Å². The van der Waals surface area contributed by atoms with E-state index in [2.05, 4.69) is 18.0 Å². The number of ether oxygens (including phenoxy) is 1. The number of para-hydroxylation sites is 1. The molecule has 0 atom stereocenters. The van der Waals surface area contributed by atoms with Crippen LogP contribution >= 0.6 is 0 Å². The smallest absolute Gasteiger partial charge is 0.137 e. The Kier molecular flexibility index (Phi) is 4.60. The quantitative estimate of drug-likeness (QED) is 0.799. The van der Waals surface area contributed by atoms with E-state index in [9.17, 15) is 0 Å². The molecule has 0 aliphatic heterocycles. The summed E-state index contributed by atoms with van der Waals surface area (Å²) < 4.78 is 5.69. The summed E-state index contributed by atoms with van der Waals surface area (Å²) >= 11 is 0. The molecule has 1 saturated carbocycles. The summed E-state index contributed by atoms with van der Waals surface area (Å²) in [7, 11) is 2.16. The topological polar surface area (TPSA) is 36.3 Å². The number of hydrogen-bond acceptors (Lipinski definition) is 3. The van der Waals surface area contributed by atoms with Crippen LogP contribution in [0, 0.1) is 11.3 Å². The van der Waals surface area contributed by atoms with Crippen LogP contribution in [0.2, 0.25) is 0 Å². The summed E-state index contributed by atoms with van der Waals surface area (Å²) in [5.41, 5.74) is 0.612. The highest BCUT2D eigenvalue weighted by molar-refractivity contribution is 5.42. The lowest BCUT2D eigenvalue weighted by Crippen LogP contribution is -2.32. The molecule has 1 fully saturated rings. The van der Waals surface area contributed by atoms with Crippen molar-refractivity contribution in [3.05, 3.63) is 29.8 Å². The number of hydrogen-bond donors (Lipinski definition) is 0. The fraction of sp³-hybridized carbons (Fsp3) is 0.533. The van der Waals surface area contributed by atoms with E-state index < -0.39 is 0 Å². The Bertz CT molecular complexity index is 419. The van der Waals surface area contributed by atoms with Gasteiger partial charge < -0.3 is 9.64 Å². The Morgan fingerprint density at radius 2 is 2.06 bits per heavy atom. The fourth-order valence-corrected chi connectivity index (χ4v) is 2.51. The SMILES string of the molecule is CN(CCOc1ccccc1C#N)C1CCCC1. The zero-order valence-electron chi connectivity index (χ0n) is 10.9. The molecule has 1 aliphatic carbocycles. The molecule has 0 aromatic heterocycles. The largest absolute Gasteiger partial charge is 0.491 e. The van der Waals surface area contributed by atoms with E-state index in [0.717, 1.165) is 12.6 Å². The number of nitrogens with zero attached hydrogens (tertiary/aromatic N) is 2. The maximum atomic E-state index is 8.96. The van der Waals surface area contributed by atoms with Gasteiger partial charge in [0.2, 0.25) is 0 Å². The number of benzene rings is 1. The second-order valence-corrected chi connectivity index (χ2v) is 4.88. The van der Waals surface area contributed by atoms with Crippen molar-refractivity contribution in [2.24, 2.45) is 0 Å². The van der Waals surface area contributed by atoms with E-state index in [1.165, 1.54) is 25.7 Å². The summed E-state index contributed by atoms with van der Waals surface area (Å²) in [6.07, 6.45) is 5.33. The molecule has 0 N–H and O–H groups in total. The first kappa shape index (κ1) is 12.9. The first-order valence-electron chi connectivity index (χ1n) is 6.63. The van der Waals surface area contributed by atoms with Gasteiger partial charge in [-0.25, -0.2) is 0 Å². The number of nitriles is 1. The van der Waals surface area contributed by atoms with Crippen molar-refractivity contribution >= 4 is 0 Å². The Labute approximate surface area is 109 Å². The Balaban J connectivity index is 1.79. The van der Waals surface area contributed by atoms with Crippen LogP contribution in [-0.4, -0.2) is 31.1 Å². The summed E-state index contributed by atoms with van der Waals surface area (Å²) in [4.78, 5) is 2.38. The third-order valence-corrected chi connectivity index (χ3v) is 3.66. The van der Waals surface area contributed by atoms with Gasteiger partial charge in [-0.2, -0.15) is 5.26 Å². The average molecular weight is 244 g/mol. The minimum Gasteiger partial charge on any atom is -0.491 e. The molecule has 0 heterocycles. The van der Waals surface area contributed by atoms with Gasteiger partial charge in [0, 0.05) is 12.6 Å². The predicted molar refractivity (Wildman–Crippen MR) is 71.5 cm³/mol. The fourth-order valence-electron chi connectivity index (χ4n) is 2.51. The summed E-state index contributed by atoms with van der Waals surface area (Å²) in [5.74, 6) is 0.694. The van der Waals surface area contributed by atoms with Gasteiger partial charge in [-0.05, 0) is 32.0 Å².